The number of oxime groups is 1. The van der Waals surface area contributed by atoms with Gasteiger partial charge in [-0.25, -0.2) is 0 Å². The van der Waals surface area contributed by atoms with Crippen molar-refractivity contribution in [3.8, 4) is 0 Å². The Morgan fingerprint density at radius 3 is 2.19 bits per heavy atom. The van der Waals surface area contributed by atoms with Crippen LogP contribution >= 0.6 is 0 Å². The minimum atomic E-state index is -0.892. The average Bonchev–Trinajstić information content (AvgIpc) is 2.92. The highest BCUT2D eigenvalue weighted by atomic mass is 16.4. The molecular weight excluding hydrogens is 270 g/mol. The van der Waals surface area contributed by atoms with Crippen molar-refractivity contribution in [3.05, 3.63) is 0 Å². The fraction of sp³-hybridized carbons (Fsp3) is 0.867. The summed E-state index contributed by atoms with van der Waals surface area (Å²) in [6.07, 6.45) is 7.59. The largest absolute Gasteiger partial charge is 0.409 e. The van der Waals surface area contributed by atoms with Gasteiger partial charge in [0.1, 0.15) is 5.41 Å². The lowest BCUT2D eigenvalue weighted by Gasteiger charge is -2.39. The molecule has 2 aliphatic rings. The van der Waals surface area contributed by atoms with E-state index < -0.39 is 11.0 Å². The van der Waals surface area contributed by atoms with E-state index in [1.54, 1.807) is 11.9 Å². The Morgan fingerprint density at radius 1 is 1.14 bits per heavy atom. The van der Waals surface area contributed by atoms with Crippen LogP contribution in [0, 0.1) is 5.41 Å². The molecule has 6 heteroatoms. The molecule has 0 aromatic rings. The molecule has 0 aromatic heterocycles. The fourth-order valence-electron chi connectivity index (χ4n) is 3.90. The average molecular weight is 297 g/mol. The van der Waals surface area contributed by atoms with Crippen molar-refractivity contribution in [2.45, 2.75) is 63.4 Å². The lowest BCUT2D eigenvalue weighted by atomic mass is 9.72. The second-order valence-corrected chi connectivity index (χ2v) is 6.72. The number of amides is 1. The van der Waals surface area contributed by atoms with E-state index in [0.717, 1.165) is 44.9 Å². The van der Waals surface area contributed by atoms with Gasteiger partial charge in [-0.15, -0.1) is 0 Å². The van der Waals surface area contributed by atoms with E-state index in [0.29, 0.717) is 19.4 Å². The van der Waals surface area contributed by atoms with Crippen molar-refractivity contribution >= 4 is 11.7 Å². The first-order chi connectivity index (χ1) is 9.93. The molecule has 0 unspecified atom stereocenters. The number of nitrogens with two attached hydrogens (primary N) is 1. The maximum atomic E-state index is 12.9. The zero-order valence-corrected chi connectivity index (χ0v) is 12.8. The van der Waals surface area contributed by atoms with Crippen LogP contribution in [0.25, 0.3) is 0 Å². The molecule has 2 aliphatic carbocycles. The van der Waals surface area contributed by atoms with Gasteiger partial charge >= 0.3 is 0 Å². The molecule has 0 heterocycles. The van der Waals surface area contributed by atoms with Gasteiger partial charge in [0.05, 0.1) is 5.60 Å². The summed E-state index contributed by atoms with van der Waals surface area (Å²) in [4.78, 5) is 14.5. The molecule has 2 saturated carbocycles. The van der Waals surface area contributed by atoms with E-state index in [-0.39, 0.29) is 11.7 Å². The van der Waals surface area contributed by atoms with Gasteiger partial charge in [0.2, 0.25) is 5.91 Å². The lowest BCUT2D eigenvalue weighted by Crippen LogP contribution is -2.54. The van der Waals surface area contributed by atoms with Gasteiger partial charge in [0.15, 0.2) is 5.84 Å². The Labute approximate surface area is 126 Å². The van der Waals surface area contributed by atoms with Crippen LogP contribution in [0.1, 0.15) is 57.8 Å². The second kappa shape index (κ2) is 6.22. The predicted octanol–water partition coefficient (Wildman–Crippen LogP) is 1.45. The number of hydrogen-bond acceptors (Lipinski definition) is 4. The van der Waals surface area contributed by atoms with Crippen molar-refractivity contribution in [3.63, 3.8) is 0 Å². The molecule has 2 rings (SSSR count). The SMILES string of the molecule is CN(CC1(O)CCCC1)C(=O)C1(C(N)=NO)CCCCC1. The van der Waals surface area contributed by atoms with Crippen molar-refractivity contribution in [1.82, 2.24) is 4.90 Å². The summed E-state index contributed by atoms with van der Waals surface area (Å²) in [5.41, 5.74) is 4.19. The molecule has 0 spiro atoms. The van der Waals surface area contributed by atoms with Gasteiger partial charge in [0.25, 0.3) is 0 Å². The maximum Gasteiger partial charge on any atom is 0.236 e. The third-order valence-corrected chi connectivity index (χ3v) is 5.13. The Morgan fingerprint density at radius 2 is 1.67 bits per heavy atom. The minimum Gasteiger partial charge on any atom is -0.409 e. The summed E-state index contributed by atoms with van der Waals surface area (Å²) < 4.78 is 0. The third kappa shape index (κ3) is 3.15. The molecule has 0 aromatic carbocycles. The molecule has 2 fully saturated rings. The first-order valence-electron chi connectivity index (χ1n) is 7.89. The van der Waals surface area contributed by atoms with Crippen LogP contribution < -0.4 is 5.73 Å². The number of carbonyl (C=O) groups excluding carboxylic acids is 1. The number of aliphatic hydroxyl groups is 1. The monoisotopic (exact) mass is 297 g/mol. The van der Waals surface area contributed by atoms with Crippen molar-refractivity contribution in [1.29, 1.82) is 0 Å². The molecule has 0 aliphatic heterocycles. The van der Waals surface area contributed by atoms with Gasteiger partial charge in [-0.2, -0.15) is 0 Å². The number of likely N-dealkylation sites (N-methyl/N-ethyl adjacent to an activating group) is 1. The van der Waals surface area contributed by atoms with Gasteiger partial charge in [-0.05, 0) is 25.7 Å². The van der Waals surface area contributed by atoms with Crippen LogP contribution in [0.15, 0.2) is 5.16 Å². The summed E-state index contributed by atoms with van der Waals surface area (Å²) in [6.45, 7) is 0.326. The first kappa shape index (κ1) is 16.1. The highest BCUT2D eigenvalue weighted by Crippen LogP contribution is 2.39. The van der Waals surface area contributed by atoms with Crippen LogP contribution in [0.5, 0.6) is 0 Å². The molecule has 0 bridgehead atoms. The molecule has 6 nitrogen and oxygen atoms in total. The Hall–Kier alpha value is -1.30. The summed E-state index contributed by atoms with van der Waals surface area (Å²) in [5, 5.41) is 22.7. The molecule has 21 heavy (non-hydrogen) atoms. The number of rotatable bonds is 4. The zero-order valence-electron chi connectivity index (χ0n) is 12.8. The Bertz CT molecular complexity index is 410. The van der Waals surface area contributed by atoms with Gasteiger partial charge in [-0.3, -0.25) is 4.79 Å². The van der Waals surface area contributed by atoms with E-state index >= 15 is 0 Å². The molecule has 0 saturated heterocycles. The van der Waals surface area contributed by atoms with E-state index in [4.69, 9.17) is 10.9 Å². The first-order valence-corrected chi connectivity index (χ1v) is 7.89. The molecule has 120 valence electrons. The van der Waals surface area contributed by atoms with Crippen LogP contribution in [0.3, 0.4) is 0 Å². The quantitative estimate of drug-likeness (QED) is 0.316. The summed E-state index contributed by atoms with van der Waals surface area (Å²) in [7, 11) is 1.71. The normalized spacial score (nSPS) is 24.8. The predicted molar refractivity (Wildman–Crippen MR) is 80.0 cm³/mol. The summed E-state index contributed by atoms with van der Waals surface area (Å²) in [6, 6.07) is 0. The van der Waals surface area contributed by atoms with Gasteiger partial charge in [0, 0.05) is 13.6 Å². The maximum absolute atomic E-state index is 12.9. The van der Waals surface area contributed by atoms with Crippen LogP contribution in [-0.4, -0.2) is 46.1 Å². The molecule has 0 radical (unpaired) electrons. The minimum absolute atomic E-state index is 0.0115. The van der Waals surface area contributed by atoms with Crippen molar-refractivity contribution in [2.75, 3.05) is 13.6 Å². The van der Waals surface area contributed by atoms with E-state index in [1.165, 1.54) is 0 Å². The zero-order chi connectivity index (χ0) is 15.5. The summed E-state index contributed by atoms with van der Waals surface area (Å²) in [5.74, 6) is -0.115. The lowest BCUT2D eigenvalue weighted by molar-refractivity contribution is -0.141. The Balaban J connectivity index is 2.14. The van der Waals surface area contributed by atoms with E-state index in [2.05, 4.69) is 5.16 Å². The highest BCUT2D eigenvalue weighted by Gasteiger charge is 2.46. The number of amidine groups is 1. The smallest absolute Gasteiger partial charge is 0.236 e. The fourth-order valence-corrected chi connectivity index (χ4v) is 3.90. The Kier molecular flexibility index (Phi) is 4.76. The van der Waals surface area contributed by atoms with Gasteiger partial charge in [-0.1, -0.05) is 37.3 Å². The van der Waals surface area contributed by atoms with Crippen LogP contribution in [0.4, 0.5) is 0 Å². The van der Waals surface area contributed by atoms with Crippen LogP contribution in [-0.2, 0) is 4.79 Å². The molecule has 4 N–H and O–H groups in total. The summed E-state index contributed by atoms with van der Waals surface area (Å²) >= 11 is 0. The second-order valence-electron chi connectivity index (χ2n) is 6.72. The standard InChI is InChI=1S/C15H27N3O3/c1-18(11-14(20)7-5-6-8-14)13(19)15(12(16)17-21)9-3-2-4-10-15/h20-21H,2-11H2,1H3,(H2,16,17). The van der Waals surface area contributed by atoms with Crippen LogP contribution in [0.2, 0.25) is 0 Å². The topological polar surface area (TPSA) is 99.2 Å². The third-order valence-electron chi connectivity index (χ3n) is 5.13. The van der Waals surface area contributed by atoms with Crippen molar-refractivity contribution < 1.29 is 15.1 Å². The molecular formula is C15H27N3O3. The number of carbonyl (C=O) groups is 1. The number of nitrogens with zero attached hydrogens (tertiary/aromatic N) is 2. The van der Waals surface area contributed by atoms with E-state index in [9.17, 15) is 9.90 Å². The molecule has 0 atom stereocenters. The number of hydrogen-bond donors (Lipinski definition) is 3. The van der Waals surface area contributed by atoms with E-state index in [1.807, 2.05) is 0 Å². The highest BCUT2D eigenvalue weighted by molar-refractivity contribution is 6.06. The van der Waals surface area contributed by atoms with Crippen molar-refractivity contribution in [2.24, 2.45) is 16.3 Å². The molecule has 1 amide bonds. The van der Waals surface area contributed by atoms with Gasteiger partial charge < -0.3 is 20.9 Å².